The third-order valence-corrected chi connectivity index (χ3v) is 4.51. The number of benzene rings is 2. The van der Waals surface area contributed by atoms with Crippen LogP contribution in [0, 0.1) is 12.7 Å². The highest BCUT2D eigenvalue weighted by molar-refractivity contribution is 6.36. The van der Waals surface area contributed by atoms with Gasteiger partial charge in [-0.15, -0.1) is 0 Å². The number of aromatic carboxylic acids is 1. The SMILES string of the molecule is Cc1c(Oc2c(F)ccc(N(C(=O)OC(C)(C)C)C(=O)OC(C)(C)C)c2Cl)cccc1C(=O)O. The van der Waals surface area contributed by atoms with Crippen molar-refractivity contribution in [2.24, 2.45) is 0 Å². The minimum atomic E-state index is -1.19. The van der Waals surface area contributed by atoms with Gasteiger partial charge < -0.3 is 19.3 Å². The minimum Gasteiger partial charge on any atom is -0.478 e. The van der Waals surface area contributed by atoms with Crippen LogP contribution in [0.25, 0.3) is 0 Å². The maximum Gasteiger partial charge on any atom is 0.424 e. The standard InChI is InChI=1S/C24H27ClFNO7/c1-13-14(20(28)29)9-8-10-17(13)32-19-15(26)11-12-16(18(19)25)27(21(30)33-23(2,3)4)22(31)34-24(5,6)7/h8-12H,1-7H3,(H,28,29). The van der Waals surface area contributed by atoms with Gasteiger partial charge in [0.25, 0.3) is 0 Å². The summed E-state index contributed by atoms with van der Waals surface area (Å²) in [4.78, 5) is 37.8. The van der Waals surface area contributed by atoms with Crippen LogP contribution in [0.2, 0.25) is 5.02 Å². The van der Waals surface area contributed by atoms with Crippen LogP contribution in [-0.2, 0) is 9.47 Å². The summed E-state index contributed by atoms with van der Waals surface area (Å²) in [6.45, 7) is 11.1. The first-order valence-corrected chi connectivity index (χ1v) is 10.6. The molecule has 0 unspecified atom stereocenters. The molecule has 10 heteroatoms. The summed E-state index contributed by atoms with van der Waals surface area (Å²) in [5.41, 5.74) is -1.98. The van der Waals surface area contributed by atoms with Gasteiger partial charge in [-0.1, -0.05) is 17.7 Å². The average Bonchev–Trinajstić information content (AvgIpc) is 2.65. The summed E-state index contributed by atoms with van der Waals surface area (Å²) >= 11 is 6.41. The second-order valence-electron chi connectivity index (χ2n) is 9.34. The van der Waals surface area contributed by atoms with Crippen molar-refractivity contribution in [1.29, 1.82) is 0 Å². The van der Waals surface area contributed by atoms with Crippen LogP contribution in [-0.4, -0.2) is 34.5 Å². The van der Waals surface area contributed by atoms with Gasteiger partial charge in [-0.3, -0.25) is 0 Å². The Labute approximate surface area is 202 Å². The van der Waals surface area contributed by atoms with Crippen LogP contribution in [0.5, 0.6) is 11.5 Å². The van der Waals surface area contributed by atoms with Crippen molar-refractivity contribution < 1.29 is 38.1 Å². The highest BCUT2D eigenvalue weighted by Crippen LogP contribution is 2.41. The Hall–Kier alpha value is -3.33. The third kappa shape index (κ3) is 6.60. The molecule has 0 aliphatic rings. The Bertz CT molecular complexity index is 1090. The molecular weight excluding hydrogens is 469 g/mol. The highest BCUT2D eigenvalue weighted by atomic mass is 35.5. The van der Waals surface area contributed by atoms with E-state index in [1.807, 2.05) is 0 Å². The fraction of sp³-hybridized carbons (Fsp3) is 0.375. The Kier molecular flexibility index (Phi) is 7.83. The van der Waals surface area contributed by atoms with E-state index in [2.05, 4.69) is 0 Å². The number of nitrogens with zero attached hydrogens (tertiary/aromatic N) is 1. The number of imide groups is 1. The maximum atomic E-state index is 14.7. The van der Waals surface area contributed by atoms with Gasteiger partial charge in [0, 0.05) is 5.56 Å². The monoisotopic (exact) mass is 495 g/mol. The molecule has 2 aromatic carbocycles. The number of rotatable bonds is 4. The molecule has 0 fully saturated rings. The van der Waals surface area contributed by atoms with E-state index in [0.717, 1.165) is 12.1 Å². The van der Waals surface area contributed by atoms with Crippen molar-refractivity contribution >= 4 is 35.4 Å². The molecule has 0 aliphatic heterocycles. The molecule has 184 valence electrons. The van der Waals surface area contributed by atoms with Gasteiger partial charge in [0.1, 0.15) is 22.0 Å². The largest absolute Gasteiger partial charge is 0.478 e. The Morgan fingerprint density at radius 2 is 1.47 bits per heavy atom. The van der Waals surface area contributed by atoms with E-state index in [1.54, 1.807) is 41.5 Å². The van der Waals surface area contributed by atoms with Crippen molar-refractivity contribution in [1.82, 2.24) is 0 Å². The van der Waals surface area contributed by atoms with E-state index in [1.165, 1.54) is 25.1 Å². The van der Waals surface area contributed by atoms with Gasteiger partial charge in [0.05, 0.1) is 11.3 Å². The van der Waals surface area contributed by atoms with Crippen molar-refractivity contribution in [2.45, 2.75) is 59.7 Å². The topological polar surface area (TPSA) is 102 Å². The first-order valence-electron chi connectivity index (χ1n) is 10.3. The lowest BCUT2D eigenvalue weighted by Gasteiger charge is -2.29. The van der Waals surface area contributed by atoms with Gasteiger partial charge in [-0.2, -0.15) is 4.90 Å². The van der Waals surface area contributed by atoms with E-state index in [0.29, 0.717) is 4.90 Å². The highest BCUT2D eigenvalue weighted by Gasteiger charge is 2.35. The normalized spacial score (nSPS) is 11.6. The van der Waals surface area contributed by atoms with Crippen molar-refractivity contribution in [3.05, 3.63) is 52.3 Å². The number of hydrogen-bond acceptors (Lipinski definition) is 6. The molecular formula is C24H27ClFNO7. The zero-order chi connectivity index (χ0) is 26.0. The van der Waals surface area contributed by atoms with Gasteiger partial charge in [0.15, 0.2) is 11.6 Å². The number of ether oxygens (including phenoxy) is 3. The zero-order valence-corrected chi connectivity index (χ0v) is 20.7. The number of carbonyl (C=O) groups excluding carboxylic acids is 2. The van der Waals surface area contributed by atoms with E-state index in [-0.39, 0.29) is 22.6 Å². The predicted octanol–water partition coefficient (Wildman–Crippen LogP) is 6.95. The lowest BCUT2D eigenvalue weighted by Crippen LogP contribution is -2.44. The smallest absolute Gasteiger partial charge is 0.424 e. The molecule has 0 saturated heterocycles. The number of amides is 2. The van der Waals surface area contributed by atoms with Crippen LogP contribution in [0.15, 0.2) is 30.3 Å². The van der Waals surface area contributed by atoms with Crippen LogP contribution in [0.1, 0.15) is 57.5 Å². The second kappa shape index (κ2) is 9.89. The maximum absolute atomic E-state index is 14.7. The number of carbonyl (C=O) groups is 3. The molecule has 0 aliphatic carbocycles. The lowest BCUT2D eigenvalue weighted by molar-refractivity contribution is 0.0429. The Balaban J connectivity index is 2.61. The fourth-order valence-corrected chi connectivity index (χ4v) is 3.02. The summed E-state index contributed by atoms with van der Waals surface area (Å²) in [5, 5.41) is 8.91. The Morgan fingerprint density at radius 3 is 1.94 bits per heavy atom. The predicted molar refractivity (Wildman–Crippen MR) is 125 cm³/mol. The van der Waals surface area contributed by atoms with Crippen LogP contribution in [0.4, 0.5) is 19.7 Å². The van der Waals surface area contributed by atoms with Gasteiger partial charge in [0.2, 0.25) is 0 Å². The van der Waals surface area contributed by atoms with Crippen molar-refractivity contribution in [3.8, 4) is 11.5 Å². The number of carboxylic acids is 1. The van der Waals surface area contributed by atoms with Gasteiger partial charge in [-0.05, 0) is 72.7 Å². The summed E-state index contributed by atoms with van der Waals surface area (Å²) < 4.78 is 31.0. The second-order valence-corrected chi connectivity index (χ2v) is 9.72. The van der Waals surface area contributed by atoms with E-state index in [9.17, 15) is 23.9 Å². The fourth-order valence-electron chi connectivity index (χ4n) is 2.74. The molecule has 2 aromatic rings. The lowest BCUT2D eigenvalue weighted by atomic mass is 10.1. The molecule has 0 aromatic heterocycles. The van der Waals surface area contributed by atoms with E-state index < -0.39 is 45.9 Å². The van der Waals surface area contributed by atoms with Gasteiger partial charge >= 0.3 is 18.2 Å². The van der Waals surface area contributed by atoms with Crippen molar-refractivity contribution in [2.75, 3.05) is 4.90 Å². The quantitative estimate of drug-likeness (QED) is 0.489. The number of hydrogen-bond donors (Lipinski definition) is 1. The first kappa shape index (κ1) is 26.9. The molecule has 2 rings (SSSR count). The van der Waals surface area contributed by atoms with Crippen LogP contribution < -0.4 is 9.64 Å². The van der Waals surface area contributed by atoms with Crippen LogP contribution >= 0.6 is 11.6 Å². The number of anilines is 1. The van der Waals surface area contributed by atoms with Crippen molar-refractivity contribution in [3.63, 3.8) is 0 Å². The molecule has 34 heavy (non-hydrogen) atoms. The first-order chi connectivity index (χ1) is 15.5. The zero-order valence-electron chi connectivity index (χ0n) is 20.0. The molecule has 1 N–H and O–H groups in total. The molecule has 0 spiro atoms. The summed E-state index contributed by atoms with van der Waals surface area (Å²) in [6.07, 6.45) is -2.18. The average molecular weight is 496 g/mol. The summed E-state index contributed by atoms with van der Waals surface area (Å²) in [6, 6.07) is 6.29. The molecule has 2 amide bonds. The molecule has 0 atom stereocenters. The van der Waals surface area contributed by atoms with E-state index in [4.69, 9.17) is 25.8 Å². The van der Waals surface area contributed by atoms with E-state index >= 15 is 0 Å². The van der Waals surface area contributed by atoms with Crippen LogP contribution in [0.3, 0.4) is 0 Å². The third-order valence-electron chi connectivity index (χ3n) is 4.15. The molecule has 0 saturated carbocycles. The van der Waals surface area contributed by atoms with Gasteiger partial charge in [-0.25, -0.2) is 18.8 Å². The molecule has 0 bridgehead atoms. The number of halogens is 2. The summed E-state index contributed by atoms with van der Waals surface area (Å²) in [7, 11) is 0. The minimum absolute atomic E-state index is 0.0268. The number of carboxylic acid groups (broad SMARTS) is 1. The summed E-state index contributed by atoms with van der Waals surface area (Å²) in [5.74, 6) is -2.58. The molecule has 0 heterocycles. The molecule has 0 radical (unpaired) electrons. The molecule has 8 nitrogen and oxygen atoms in total. The Morgan fingerprint density at radius 1 is 0.941 bits per heavy atom.